The van der Waals surface area contributed by atoms with Crippen LogP contribution in [-0.2, 0) is 0 Å². The lowest BCUT2D eigenvalue weighted by molar-refractivity contribution is 0.269. The van der Waals surface area contributed by atoms with Gasteiger partial charge in [0.1, 0.15) is 0 Å². The molecule has 0 rings (SSSR count). The van der Waals surface area contributed by atoms with E-state index in [0.717, 1.165) is 0 Å². The smallest absolute Gasteiger partial charge is 0.0998 e. The van der Waals surface area contributed by atoms with Gasteiger partial charge in [-0.15, -0.1) is 19.2 Å². The Balaban J connectivity index is 2.81. The zero-order valence-corrected chi connectivity index (χ0v) is 4.36. The normalized spacial score (nSPS) is 13.7. The van der Waals surface area contributed by atoms with E-state index in [1.807, 2.05) is 0 Å². The van der Waals surface area contributed by atoms with Crippen LogP contribution in [0.3, 0.4) is 0 Å². The molecule has 0 radical (unpaired) electrons. The third kappa shape index (κ3) is 4.05. The highest BCUT2D eigenvalue weighted by molar-refractivity contribution is 7.80. The summed E-state index contributed by atoms with van der Waals surface area (Å²) in [5, 5.41) is 8.35. The molecule has 0 aliphatic rings. The van der Waals surface area contributed by atoms with E-state index in [-0.39, 0.29) is 0 Å². The first-order valence-corrected chi connectivity index (χ1v) is 2.26. The van der Waals surface area contributed by atoms with Crippen LogP contribution in [-0.4, -0.2) is 10.5 Å². The van der Waals surface area contributed by atoms with E-state index < -0.39 is 5.44 Å². The Morgan fingerprint density at radius 3 is 2.50 bits per heavy atom. The standard InChI is InChI=1S/C4H8OS/c1-2-3-4(5)6/h2,4-6H,1,3H2. The summed E-state index contributed by atoms with van der Waals surface area (Å²) in [6.45, 7) is 3.39. The molecule has 0 spiro atoms. The predicted molar refractivity (Wildman–Crippen MR) is 29.8 cm³/mol. The first-order valence-electron chi connectivity index (χ1n) is 1.74. The summed E-state index contributed by atoms with van der Waals surface area (Å²) >= 11 is 3.66. The Labute approximate surface area is 43.1 Å². The van der Waals surface area contributed by atoms with Crippen molar-refractivity contribution in [3.8, 4) is 0 Å². The van der Waals surface area contributed by atoms with E-state index >= 15 is 0 Å². The van der Waals surface area contributed by atoms with Gasteiger partial charge in [0.05, 0.1) is 5.44 Å². The third-order valence-electron chi connectivity index (χ3n) is 0.377. The molecule has 2 heteroatoms. The molecule has 0 aliphatic heterocycles. The number of thiol groups is 1. The van der Waals surface area contributed by atoms with Crippen LogP contribution in [0.4, 0.5) is 0 Å². The van der Waals surface area contributed by atoms with Crippen LogP contribution in [0, 0.1) is 0 Å². The molecule has 0 amide bonds. The summed E-state index contributed by atoms with van der Waals surface area (Å²) in [6, 6.07) is 0. The van der Waals surface area contributed by atoms with Crippen LogP contribution < -0.4 is 0 Å². The maximum atomic E-state index is 8.35. The van der Waals surface area contributed by atoms with Crippen molar-refractivity contribution in [2.75, 3.05) is 0 Å². The van der Waals surface area contributed by atoms with Gasteiger partial charge in [0.2, 0.25) is 0 Å². The van der Waals surface area contributed by atoms with Gasteiger partial charge < -0.3 is 5.11 Å². The minimum Gasteiger partial charge on any atom is -0.382 e. The molecular formula is C4H8OS. The lowest BCUT2D eigenvalue weighted by Gasteiger charge is -1.91. The second kappa shape index (κ2) is 3.25. The van der Waals surface area contributed by atoms with Crippen molar-refractivity contribution < 1.29 is 5.11 Å². The monoisotopic (exact) mass is 104 g/mol. The second-order valence-corrected chi connectivity index (χ2v) is 1.60. The quantitative estimate of drug-likeness (QED) is 0.302. The molecule has 0 fully saturated rings. The molecule has 0 heterocycles. The Kier molecular flexibility index (Phi) is 3.28. The SMILES string of the molecule is C=CCC(O)S. The molecule has 0 saturated heterocycles. The summed E-state index contributed by atoms with van der Waals surface area (Å²) in [7, 11) is 0. The fourth-order valence-corrected chi connectivity index (χ4v) is 0.298. The lowest BCUT2D eigenvalue weighted by atomic mass is 10.5. The summed E-state index contributed by atoms with van der Waals surface area (Å²) in [5.41, 5.74) is -0.525. The van der Waals surface area contributed by atoms with Crippen molar-refractivity contribution in [1.29, 1.82) is 0 Å². The Morgan fingerprint density at radius 2 is 2.50 bits per heavy atom. The zero-order valence-electron chi connectivity index (χ0n) is 3.46. The van der Waals surface area contributed by atoms with Gasteiger partial charge in [0.25, 0.3) is 0 Å². The molecular weight excluding hydrogens is 96.1 g/mol. The van der Waals surface area contributed by atoms with Crippen molar-refractivity contribution in [2.24, 2.45) is 0 Å². The van der Waals surface area contributed by atoms with Crippen molar-refractivity contribution in [2.45, 2.75) is 11.9 Å². The number of hydrogen-bond donors (Lipinski definition) is 2. The predicted octanol–water partition coefficient (Wildman–Crippen LogP) is 0.811. The van der Waals surface area contributed by atoms with E-state index in [0.29, 0.717) is 6.42 Å². The molecule has 1 unspecified atom stereocenters. The van der Waals surface area contributed by atoms with Gasteiger partial charge in [0, 0.05) is 6.42 Å². The van der Waals surface area contributed by atoms with Crippen LogP contribution in [0.5, 0.6) is 0 Å². The van der Waals surface area contributed by atoms with Gasteiger partial charge in [-0.05, 0) is 0 Å². The maximum Gasteiger partial charge on any atom is 0.0998 e. The van der Waals surface area contributed by atoms with Gasteiger partial charge in [-0.2, -0.15) is 0 Å². The van der Waals surface area contributed by atoms with Crippen LogP contribution in [0.2, 0.25) is 0 Å². The Morgan fingerprint density at radius 1 is 2.00 bits per heavy atom. The summed E-state index contributed by atoms with van der Waals surface area (Å²) in [4.78, 5) is 0. The average Bonchev–Trinajstić information content (AvgIpc) is 1.35. The number of rotatable bonds is 2. The molecule has 36 valence electrons. The molecule has 6 heavy (non-hydrogen) atoms. The van der Waals surface area contributed by atoms with Gasteiger partial charge in [-0.25, -0.2) is 0 Å². The minimum absolute atomic E-state index is 0.525. The number of aliphatic hydroxyl groups excluding tert-OH is 1. The van der Waals surface area contributed by atoms with Crippen molar-refractivity contribution >= 4 is 12.6 Å². The molecule has 0 aromatic heterocycles. The topological polar surface area (TPSA) is 20.2 Å². The fourth-order valence-electron chi connectivity index (χ4n) is 0.149. The zero-order chi connectivity index (χ0) is 4.99. The largest absolute Gasteiger partial charge is 0.382 e. The molecule has 0 bridgehead atoms. The molecule has 0 saturated carbocycles. The molecule has 0 aliphatic carbocycles. The van der Waals surface area contributed by atoms with E-state index in [9.17, 15) is 0 Å². The lowest BCUT2D eigenvalue weighted by Crippen LogP contribution is -1.89. The van der Waals surface area contributed by atoms with Crippen LogP contribution in [0.25, 0.3) is 0 Å². The first kappa shape index (κ1) is 6.05. The van der Waals surface area contributed by atoms with E-state index in [2.05, 4.69) is 19.2 Å². The van der Waals surface area contributed by atoms with Crippen molar-refractivity contribution in [1.82, 2.24) is 0 Å². The summed E-state index contributed by atoms with van der Waals surface area (Å²) < 4.78 is 0. The third-order valence-corrected chi connectivity index (χ3v) is 0.588. The molecule has 1 atom stereocenters. The molecule has 0 aromatic carbocycles. The molecule has 0 aromatic rings. The highest BCUT2D eigenvalue weighted by atomic mass is 32.1. The summed E-state index contributed by atoms with van der Waals surface area (Å²) in [5.74, 6) is 0. The van der Waals surface area contributed by atoms with Gasteiger partial charge in [-0.1, -0.05) is 6.08 Å². The van der Waals surface area contributed by atoms with Gasteiger partial charge in [-0.3, -0.25) is 0 Å². The first-order chi connectivity index (χ1) is 2.77. The van der Waals surface area contributed by atoms with E-state index in [4.69, 9.17) is 5.11 Å². The van der Waals surface area contributed by atoms with E-state index in [1.54, 1.807) is 6.08 Å². The van der Waals surface area contributed by atoms with E-state index in [1.165, 1.54) is 0 Å². The summed E-state index contributed by atoms with van der Waals surface area (Å²) in [6.07, 6.45) is 2.18. The maximum absolute atomic E-state index is 8.35. The average molecular weight is 104 g/mol. The molecule has 1 nitrogen and oxygen atoms in total. The fraction of sp³-hybridized carbons (Fsp3) is 0.500. The van der Waals surface area contributed by atoms with Crippen LogP contribution in [0.1, 0.15) is 6.42 Å². The van der Waals surface area contributed by atoms with Crippen LogP contribution in [0.15, 0.2) is 12.7 Å². The Hall–Kier alpha value is 0.0500. The minimum atomic E-state index is -0.525. The van der Waals surface area contributed by atoms with Gasteiger partial charge in [0.15, 0.2) is 0 Å². The van der Waals surface area contributed by atoms with Crippen LogP contribution >= 0.6 is 12.6 Å². The van der Waals surface area contributed by atoms with Crippen molar-refractivity contribution in [3.05, 3.63) is 12.7 Å². The Bertz CT molecular complexity index is 42.8. The highest BCUT2D eigenvalue weighted by Gasteiger charge is 1.85. The highest BCUT2D eigenvalue weighted by Crippen LogP contribution is 1.93. The second-order valence-electron chi connectivity index (χ2n) is 1.00. The number of hydrogen-bond acceptors (Lipinski definition) is 2. The van der Waals surface area contributed by atoms with Crippen molar-refractivity contribution in [3.63, 3.8) is 0 Å². The van der Waals surface area contributed by atoms with Gasteiger partial charge >= 0.3 is 0 Å². The molecule has 1 N–H and O–H groups in total. The number of aliphatic hydroxyl groups is 1.